The molecule has 0 radical (unpaired) electrons. The van der Waals surface area contributed by atoms with Crippen molar-refractivity contribution in [1.29, 1.82) is 0 Å². The predicted molar refractivity (Wildman–Crippen MR) is 145 cm³/mol. The number of nitrogens with zero attached hydrogens (tertiary/aromatic N) is 2. The third kappa shape index (κ3) is 3.19. The molecule has 0 fully saturated rings. The van der Waals surface area contributed by atoms with Gasteiger partial charge >= 0.3 is 0 Å². The van der Waals surface area contributed by atoms with Crippen LogP contribution in [0, 0.1) is 13.8 Å². The Hall–Kier alpha value is -4.91. The van der Waals surface area contributed by atoms with Crippen LogP contribution in [0.1, 0.15) is 44.1 Å². The van der Waals surface area contributed by atoms with Crippen LogP contribution < -0.4 is 10.3 Å². The number of furan rings is 1. The molecule has 1 unspecified atom stereocenters. The third-order valence-electron chi connectivity index (χ3n) is 7.71. The standard InChI is InChI=1S/C32H24N2O5/c1-19-7-5-8-21(15-19)17-33-25-11-4-3-10-24(25)32(31(33)37)27-28(35)23-16-20(2)12-13-26(23)39-29(27)30(36)34(32)18-22-9-6-14-38-22/h3-16H,17-18H2,1-2H3. The molecule has 7 heteroatoms. The van der Waals surface area contributed by atoms with E-state index in [9.17, 15) is 14.4 Å². The first-order valence-corrected chi connectivity index (χ1v) is 12.8. The summed E-state index contributed by atoms with van der Waals surface area (Å²) in [5, 5.41) is 0.336. The summed E-state index contributed by atoms with van der Waals surface area (Å²) in [5.41, 5.74) is 2.40. The topological polar surface area (TPSA) is 84.0 Å². The third-order valence-corrected chi connectivity index (χ3v) is 7.71. The SMILES string of the molecule is Cc1cccc(CN2C(=O)C3(c4ccccc42)c2c(oc4ccc(C)cc4c2=O)C(=O)N3Cc2ccco2)c1. The van der Waals surface area contributed by atoms with E-state index in [1.807, 2.05) is 68.4 Å². The average Bonchev–Trinajstić information content (AvgIpc) is 3.59. The number of hydrogen-bond acceptors (Lipinski definition) is 5. The number of fused-ring (bicyclic) bond motifs is 5. The summed E-state index contributed by atoms with van der Waals surface area (Å²) >= 11 is 0. The Morgan fingerprint density at radius 1 is 0.821 bits per heavy atom. The van der Waals surface area contributed by atoms with E-state index < -0.39 is 11.4 Å². The van der Waals surface area contributed by atoms with E-state index >= 15 is 0 Å². The monoisotopic (exact) mass is 516 g/mol. The number of aryl methyl sites for hydroxylation is 2. The minimum Gasteiger partial charge on any atom is -0.467 e. The zero-order valence-electron chi connectivity index (χ0n) is 21.4. The van der Waals surface area contributed by atoms with E-state index in [1.54, 1.807) is 29.2 Å². The van der Waals surface area contributed by atoms with Crippen molar-refractivity contribution >= 4 is 28.5 Å². The predicted octanol–water partition coefficient (Wildman–Crippen LogP) is 5.45. The van der Waals surface area contributed by atoms with Crippen molar-refractivity contribution < 1.29 is 18.4 Å². The molecule has 0 bridgehead atoms. The summed E-state index contributed by atoms with van der Waals surface area (Å²) in [4.78, 5) is 46.3. The smallest absolute Gasteiger partial charge is 0.291 e. The van der Waals surface area contributed by atoms with Gasteiger partial charge in [0.2, 0.25) is 5.76 Å². The first-order chi connectivity index (χ1) is 18.9. The van der Waals surface area contributed by atoms with Gasteiger partial charge in [-0.2, -0.15) is 0 Å². The van der Waals surface area contributed by atoms with Crippen LogP contribution in [-0.2, 0) is 23.4 Å². The number of carbonyl (C=O) groups is 2. The van der Waals surface area contributed by atoms with Crippen LogP contribution in [-0.4, -0.2) is 16.7 Å². The second kappa shape index (κ2) is 8.30. The molecule has 0 saturated carbocycles. The summed E-state index contributed by atoms with van der Waals surface area (Å²) in [6.45, 7) is 4.16. The van der Waals surface area contributed by atoms with Gasteiger partial charge in [0.05, 0.1) is 36.0 Å². The average molecular weight is 517 g/mol. The molecule has 3 aromatic carbocycles. The Balaban J connectivity index is 1.52. The van der Waals surface area contributed by atoms with Crippen molar-refractivity contribution in [3.8, 4) is 0 Å². The molecule has 39 heavy (non-hydrogen) atoms. The fourth-order valence-electron chi connectivity index (χ4n) is 6.03. The van der Waals surface area contributed by atoms with E-state index in [0.717, 1.165) is 16.7 Å². The Morgan fingerprint density at radius 3 is 2.44 bits per heavy atom. The zero-order chi connectivity index (χ0) is 26.9. The van der Waals surface area contributed by atoms with Gasteiger partial charge in [-0.3, -0.25) is 14.4 Å². The Bertz CT molecular complexity index is 1870. The number of anilines is 1. The van der Waals surface area contributed by atoms with Crippen molar-refractivity contribution in [1.82, 2.24) is 4.90 Å². The molecular weight excluding hydrogens is 492 g/mol. The van der Waals surface area contributed by atoms with Crippen LogP contribution in [0.5, 0.6) is 0 Å². The molecule has 2 aromatic heterocycles. The van der Waals surface area contributed by atoms with Crippen molar-refractivity contribution in [2.75, 3.05) is 4.90 Å². The second-order valence-corrected chi connectivity index (χ2v) is 10.2. The summed E-state index contributed by atoms with van der Waals surface area (Å²) in [6, 6.07) is 24.0. The van der Waals surface area contributed by atoms with Crippen molar-refractivity contribution in [2.24, 2.45) is 0 Å². The molecule has 0 aliphatic carbocycles. The maximum atomic E-state index is 14.8. The number of amides is 2. The first-order valence-electron chi connectivity index (χ1n) is 12.8. The molecule has 7 rings (SSSR count). The Morgan fingerprint density at radius 2 is 1.64 bits per heavy atom. The number of benzene rings is 3. The van der Waals surface area contributed by atoms with Gasteiger partial charge in [-0.05, 0) is 49.7 Å². The van der Waals surface area contributed by atoms with Crippen molar-refractivity contribution in [3.63, 3.8) is 0 Å². The van der Waals surface area contributed by atoms with Gasteiger partial charge in [-0.25, -0.2) is 0 Å². The largest absolute Gasteiger partial charge is 0.467 e. The summed E-state index contributed by atoms with van der Waals surface area (Å²) in [7, 11) is 0. The van der Waals surface area contributed by atoms with Crippen LogP contribution in [0.25, 0.3) is 11.0 Å². The molecule has 2 amide bonds. The summed E-state index contributed by atoms with van der Waals surface area (Å²) < 4.78 is 11.7. The van der Waals surface area contributed by atoms with Crippen LogP contribution in [0.4, 0.5) is 5.69 Å². The zero-order valence-corrected chi connectivity index (χ0v) is 21.4. The molecule has 4 heterocycles. The Labute approximate surface area is 223 Å². The van der Waals surface area contributed by atoms with E-state index in [0.29, 0.717) is 28.0 Å². The molecule has 5 aromatic rings. The van der Waals surface area contributed by atoms with E-state index in [1.165, 1.54) is 11.2 Å². The second-order valence-electron chi connectivity index (χ2n) is 10.2. The molecule has 2 aliphatic rings. The molecule has 1 atom stereocenters. The number of para-hydroxylation sites is 1. The van der Waals surface area contributed by atoms with Gasteiger partial charge in [0.1, 0.15) is 11.3 Å². The van der Waals surface area contributed by atoms with Gasteiger partial charge < -0.3 is 18.6 Å². The molecule has 7 nitrogen and oxygen atoms in total. The Kier molecular flexibility index (Phi) is 4.94. The number of rotatable bonds is 4. The van der Waals surface area contributed by atoms with E-state index in [4.69, 9.17) is 8.83 Å². The van der Waals surface area contributed by atoms with Gasteiger partial charge in [0.25, 0.3) is 11.8 Å². The van der Waals surface area contributed by atoms with E-state index in [-0.39, 0.29) is 35.7 Å². The lowest BCUT2D eigenvalue weighted by atomic mass is 9.84. The molecular formula is C32H24N2O5. The van der Waals surface area contributed by atoms with E-state index in [2.05, 4.69) is 0 Å². The van der Waals surface area contributed by atoms with Crippen LogP contribution in [0.2, 0.25) is 0 Å². The highest BCUT2D eigenvalue weighted by molar-refractivity contribution is 6.17. The van der Waals surface area contributed by atoms with Gasteiger partial charge in [0.15, 0.2) is 11.0 Å². The molecule has 2 aliphatic heterocycles. The maximum Gasteiger partial charge on any atom is 0.291 e. The van der Waals surface area contributed by atoms with Crippen molar-refractivity contribution in [3.05, 3.63) is 135 Å². The molecule has 0 N–H and O–H groups in total. The lowest BCUT2D eigenvalue weighted by Crippen LogP contribution is -2.52. The minimum absolute atomic E-state index is 0.0107. The molecule has 192 valence electrons. The first kappa shape index (κ1) is 23.2. The van der Waals surface area contributed by atoms with Crippen LogP contribution in [0.15, 0.2) is 98.8 Å². The van der Waals surface area contributed by atoms with Gasteiger partial charge in [-0.1, -0.05) is 59.7 Å². The summed E-state index contributed by atoms with van der Waals surface area (Å²) in [5.74, 6) is -0.515. The normalized spacial score (nSPS) is 17.9. The fraction of sp³-hybridized carbons (Fsp3) is 0.156. The van der Waals surface area contributed by atoms with Crippen LogP contribution >= 0.6 is 0 Å². The number of hydrogen-bond donors (Lipinski definition) is 0. The van der Waals surface area contributed by atoms with Gasteiger partial charge in [-0.15, -0.1) is 0 Å². The minimum atomic E-state index is -1.70. The molecule has 1 spiro atoms. The lowest BCUT2D eigenvalue weighted by Gasteiger charge is -2.33. The lowest BCUT2D eigenvalue weighted by molar-refractivity contribution is -0.126. The van der Waals surface area contributed by atoms with Crippen LogP contribution in [0.3, 0.4) is 0 Å². The quantitative estimate of drug-likeness (QED) is 0.317. The highest BCUT2D eigenvalue weighted by Gasteiger charge is 2.65. The summed E-state index contributed by atoms with van der Waals surface area (Å²) in [6.07, 6.45) is 1.52. The molecule has 0 saturated heterocycles. The number of carbonyl (C=O) groups excluding carboxylic acids is 2. The van der Waals surface area contributed by atoms with Crippen molar-refractivity contribution in [2.45, 2.75) is 32.5 Å². The highest BCUT2D eigenvalue weighted by atomic mass is 16.4. The maximum absolute atomic E-state index is 14.8. The highest BCUT2D eigenvalue weighted by Crippen LogP contribution is 2.53. The fourth-order valence-corrected chi connectivity index (χ4v) is 6.03. The van der Waals surface area contributed by atoms with Gasteiger partial charge in [0, 0.05) is 5.56 Å².